The zero-order valence-electron chi connectivity index (χ0n) is 10.2. The summed E-state index contributed by atoms with van der Waals surface area (Å²) < 4.78 is 0. The molecule has 0 N–H and O–H groups in total. The van der Waals surface area contributed by atoms with Crippen LogP contribution in [0.3, 0.4) is 0 Å². The molecule has 2 heterocycles. The predicted octanol–water partition coefficient (Wildman–Crippen LogP) is 4.73. The van der Waals surface area contributed by atoms with Gasteiger partial charge in [-0.3, -0.25) is 4.98 Å². The molecule has 1 aliphatic heterocycles. The summed E-state index contributed by atoms with van der Waals surface area (Å²) in [5.41, 5.74) is 4.91. The van der Waals surface area contributed by atoms with Crippen LogP contribution in [0.25, 0.3) is 16.5 Å². The van der Waals surface area contributed by atoms with E-state index >= 15 is 0 Å². The molecule has 0 radical (unpaired) electrons. The first-order valence-electron chi connectivity index (χ1n) is 6.24. The Kier molecular flexibility index (Phi) is 2.42. The zero-order chi connectivity index (χ0) is 12.7. The molecule has 1 aliphatic rings. The molecular formula is C17H11NS. The van der Waals surface area contributed by atoms with Crippen molar-refractivity contribution in [2.24, 2.45) is 0 Å². The van der Waals surface area contributed by atoms with E-state index in [0.717, 1.165) is 5.52 Å². The number of benzene rings is 2. The van der Waals surface area contributed by atoms with Crippen molar-refractivity contribution < 1.29 is 0 Å². The molecule has 0 unspecified atom stereocenters. The van der Waals surface area contributed by atoms with Crippen LogP contribution in [-0.4, -0.2) is 4.98 Å². The third kappa shape index (κ3) is 1.68. The highest BCUT2D eigenvalue weighted by Gasteiger charge is 2.16. The number of thioether (sulfide) groups is 1. The summed E-state index contributed by atoms with van der Waals surface area (Å²) in [7, 11) is 0. The van der Waals surface area contributed by atoms with Crippen LogP contribution in [0.4, 0.5) is 0 Å². The third-order valence-electron chi connectivity index (χ3n) is 3.41. The Morgan fingerprint density at radius 3 is 2.63 bits per heavy atom. The lowest BCUT2D eigenvalue weighted by molar-refractivity contribution is 1.36. The quantitative estimate of drug-likeness (QED) is 0.628. The maximum Gasteiger partial charge on any atom is 0.0719 e. The van der Waals surface area contributed by atoms with Gasteiger partial charge in [-0.1, -0.05) is 48.2 Å². The van der Waals surface area contributed by atoms with Crippen molar-refractivity contribution in [3.8, 4) is 0 Å². The van der Waals surface area contributed by atoms with Crippen LogP contribution >= 0.6 is 11.8 Å². The molecule has 0 atom stereocenters. The number of rotatable bonds is 1. The van der Waals surface area contributed by atoms with Gasteiger partial charge in [0.2, 0.25) is 0 Å². The molecule has 0 spiro atoms. The van der Waals surface area contributed by atoms with Crippen LogP contribution in [0, 0.1) is 0 Å². The largest absolute Gasteiger partial charge is 0.256 e. The average molecular weight is 261 g/mol. The fourth-order valence-electron chi connectivity index (χ4n) is 2.52. The SMILES string of the molecule is C1=C(c2ccccc2)c2ccnc3cccc(c23)S1. The molecule has 19 heavy (non-hydrogen) atoms. The lowest BCUT2D eigenvalue weighted by Gasteiger charge is -2.17. The number of nitrogens with zero attached hydrogens (tertiary/aromatic N) is 1. The zero-order valence-corrected chi connectivity index (χ0v) is 11.0. The molecule has 1 aromatic heterocycles. The molecule has 0 saturated heterocycles. The van der Waals surface area contributed by atoms with Crippen LogP contribution in [0.2, 0.25) is 0 Å². The van der Waals surface area contributed by atoms with Crippen molar-refractivity contribution in [2.45, 2.75) is 4.90 Å². The molecule has 4 rings (SSSR count). The van der Waals surface area contributed by atoms with Gasteiger partial charge >= 0.3 is 0 Å². The van der Waals surface area contributed by atoms with Gasteiger partial charge in [0.05, 0.1) is 5.52 Å². The second kappa shape index (κ2) is 4.25. The normalized spacial score (nSPS) is 13.4. The van der Waals surface area contributed by atoms with E-state index in [-0.39, 0.29) is 0 Å². The van der Waals surface area contributed by atoms with Gasteiger partial charge in [0, 0.05) is 16.5 Å². The van der Waals surface area contributed by atoms with Gasteiger partial charge in [-0.25, -0.2) is 0 Å². The molecule has 2 aromatic carbocycles. The van der Waals surface area contributed by atoms with Gasteiger partial charge in [-0.2, -0.15) is 0 Å². The van der Waals surface area contributed by atoms with E-state index in [2.05, 4.69) is 65.0 Å². The molecular weight excluding hydrogens is 250 g/mol. The van der Waals surface area contributed by atoms with E-state index in [1.165, 1.54) is 27.0 Å². The first kappa shape index (κ1) is 10.8. The van der Waals surface area contributed by atoms with Crippen molar-refractivity contribution in [3.05, 3.63) is 77.3 Å². The maximum absolute atomic E-state index is 4.47. The van der Waals surface area contributed by atoms with Gasteiger partial charge in [0.25, 0.3) is 0 Å². The Morgan fingerprint density at radius 1 is 0.842 bits per heavy atom. The van der Waals surface area contributed by atoms with E-state index in [1.54, 1.807) is 11.8 Å². The first-order valence-corrected chi connectivity index (χ1v) is 7.12. The molecule has 0 aliphatic carbocycles. The van der Waals surface area contributed by atoms with Crippen LogP contribution < -0.4 is 0 Å². The lowest BCUT2D eigenvalue weighted by atomic mass is 9.96. The van der Waals surface area contributed by atoms with Crippen molar-refractivity contribution in [1.82, 2.24) is 4.98 Å². The number of hydrogen-bond acceptors (Lipinski definition) is 2. The summed E-state index contributed by atoms with van der Waals surface area (Å²) in [4.78, 5) is 5.76. The van der Waals surface area contributed by atoms with E-state index in [4.69, 9.17) is 0 Å². The van der Waals surface area contributed by atoms with Crippen molar-refractivity contribution in [3.63, 3.8) is 0 Å². The van der Waals surface area contributed by atoms with Crippen molar-refractivity contribution >= 4 is 28.2 Å². The van der Waals surface area contributed by atoms with Gasteiger partial charge in [0.15, 0.2) is 0 Å². The van der Waals surface area contributed by atoms with Crippen molar-refractivity contribution in [1.29, 1.82) is 0 Å². The maximum atomic E-state index is 4.47. The molecule has 2 heteroatoms. The van der Waals surface area contributed by atoms with Crippen molar-refractivity contribution in [2.75, 3.05) is 0 Å². The third-order valence-corrected chi connectivity index (χ3v) is 4.35. The highest BCUT2D eigenvalue weighted by atomic mass is 32.2. The lowest BCUT2D eigenvalue weighted by Crippen LogP contribution is -1.95. The minimum Gasteiger partial charge on any atom is -0.256 e. The topological polar surface area (TPSA) is 12.9 Å². The smallest absolute Gasteiger partial charge is 0.0719 e. The Hall–Kier alpha value is -2.06. The van der Waals surface area contributed by atoms with Gasteiger partial charge in [-0.15, -0.1) is 0 Å². The number of pyridine rings is 1. The summed E-state index contributed by atoms with van der Waals surface area (Å²) >= 11 is 1.78. The summed E-state index contributed by atoms with van der Waals surface area (Å²) in [6.45, 7) is 0. The van der Waals surface area contributed by atoms with E-state index < -0.39 is 0 Å². The molecule has 0 amide bonds. The van der Waals surface area contributed by atoms with Crippen LogP contribution in [0.1, 0.15) is 11.1 Å². The monoisotopic (exact) mass is 261 g/mol. The van der Waals surface area contributed by atoms with E-state index in [0.29, 0.717) is 0 Å². The van der Waals surface area contributed by atoms with Crippen LogP contribution in [0.15, 0.2) is 71.1 Å². The minimum absolute atomic E-state index is 1.07. The Morgan fingerprint density at radius 2 is 1.74 bits per heavy atom. The Labute approximate surface area is 116 Å². The highest BCUT2D eigenvalue weighted by molar-refractivity contribution is 8.02. The van der Waals surface area contributed by atoms with Gasteiger partial charge in [0.1, 0.15) is 0 Å². The highest BCUT2D eigenvalue weighted by Crippen LogP contribution is 2.41. The molecule has 3 aromatic rings. The molecule has 0 saturated carbocycles. The Bertz CT molecular complexity index is 785. The fraction of sp³-hybridized carbons (Fsp3) is 0. The van der Waals surface area contributed by atoms with Gasteiger partial charge < -0.3 is 0 Å². The first-order chi connectivity index (χ1) is 9.43. The predicted molar refractivity (Wildman–Crippen MR) is 81.1 cm³/mol. The van der Waals surface area contributed by atoms with Crippen LogP contribution in [-0.2, 0) is 0 Å². The summed E-state index contributed by atoms with van der Waals surface area (Å²) in [5.74, 6) is 0. The molecule has 0 fully saturated rings. The average Bonchev–Trinajstić information content (AvgIpc) is 2.49. The minimum atomic E-state index is 1.07. The fourth-order valence-corrected chi connectivity index (χ4v) is 3.52. The molecule has 1 nitrogen and oxygen atoms in total. The summed E-state index contributed by atoms with van der Waals surface area (Å²) in [5, 5.41) is 3.52. The Balaban J connectivity index is 2.02. The van der Waals surface area contributed by atoms with E-state index in [9.17, 15) is 0 Å². The van der Waals surface area contributed by atoms with Gasteiger partial charge in [-0.05, 0) is 40.3 Å². The summed E-state index contributed by atoms with van der Waals surface area (Å²) in [6.07, 6.45) is 1.90. The number of aromatic nitrogens is 1. The van der Waals surface area contributed by atoms with E-state index in [1.807, 2.05) is 6.20 Å². The summed E-state index contributed by atoms with van der Waals surface area (Å²) in [6, 6.07) is 19.0. The second-order valence-corrected chi connectivity index (χ2v) is 5.44. The number of hydrogen-bond donors (Lipinski definition) is 0. The second-order valence-electron chi connectivity index (χ2n) is 4.52. The standard InChI is InChI=1S/C17H11NS/c1-2-5-12(6-3-1)14-11-19-16-8-4-7-15-17(16)13(14)9-10-18-15/h1-11H. The molecule has 90 valence electrons. The van der Waals surface area contributed by atoms with Crippen LogP contribution in [0.5, 0.6) is 0 Å². The molecule has 0 bridgehead atoms.